The van der Waals surface area contributed by atoms with Crippen molar-refractivity contribution in [1.82, 2.24) is 4.98 Å². The van der Waals surface area contributed by atoms with Crippen LogP contribution in [0.5, 0.6) is 0 Å². The molecule has 12 aromatic rings. The van der Waals surface area contributed by atoms with Crippen LogP contribution in [0.25, 0.3) is 99.1 Å². The first-order chi connectivity index (χ1) is 27.7. The van der Waals surface area contributed by atoms with Gasteiger partial charge in [-0.2, -0.15) is 0 Å². The summed E-state index contributed by atoms with van der Waals surface area (Å²) in [6.07, 6.45) is 0. The summed E-state index contributed by atoms with van der Waals surface area (Å²) in [6, 6.07) is 63.4. The first kappa shape index (κ1) is 30.8. The van der Waals surface area contributed by atoms with Crippen LogP contribution in [-0.4, -0.2) is 4.98 Å². The quantitative estimate of drug-likeness (QED) is 0.177. The van der Waals surface area contributed by atoms with Gasteiger partial charge in [-0.25, -0.2) is 4.98 Å². The summed E-state index contributed by atoms with van der Waals surface area (Å²) >= 11 is 0. The van der Waals surface area contributed by atoms with Gasteiger partial charge in [0.25, 0.3) is 0 Å². The molecule has 0 saturated carbocycles. The Morgan fingerprint density at radius 1 is 0.357 bits per heavy atom. The van der Waals surface area contributed by atoms with Gasteiger partial charge in [0.15, 0.2) is 5.58 Å². The molecule has 0 unspecified atom stereocenters. The average molecular weight is 719 g/mol. The van der Waals surface area contributed by atoms with E-state index in [1.54, 1.807) is 0 Å². The second kappa shape index (κ2) is 11.9. The third-order valence-corrected chi connectivity index (χ3v) is 11.0. The van der Waals surface area contributed by atoms with Crippen molar-refractivity contribution in [2.24, 2.45) is 0 Å². The van der Waals surface area contributed by atoms with Gasteiger partial charge in [-0.3, -0.25) is 0 Å². The van der Waals surface area contributed by atoms with Gasteiger partial charge in [0.2, 0.25) is 5.89 Å². The van der Waals surface area contributed by atoms with Gasteiger partial charge in [0, 0.05) is 56.3 Å². The molecule has 5 nitrogen and oxygen atoms in total. The third kappa shape index (κ3) is 4.84. The van der Waals surface area contributed by atoms with E-state index in [0.717, 1.165) is 105 Å². The van der Waals surface area contributed by atoms with Crippen molar-refractivity contribution in [2.45, 2.75) is 0 Å². The maximum absolute atomic E-state index is 6.64. The zero-order valence-electron chi connectivity index (χ0n) is 29.9. The predicted molar refractivity (Wildman–Crippen MR) is 229 cm³/mol. The van der Waals surface area contributed by atoms with Gasteiger partial charge in [-0.1, -0.05) is 97.1 Å². The van der Waals surface area contributed by atoms with Crippen molar-refractivity contribution in [3.63, 3.8) is 0 Å². The molecule has 262 valence electrons. The fourth-order valence-electron chi connectivity index (χ4n) is 8.35. The Morgan fingerprint density at radius 3 is 1.73 bits per heavy atom. The summed E-state index contributed by atoms with van der Waals surface area (Å²) in [5, 5.41) is 8.75. The van der Waals surface area contributed by atoms with Crippen LogP contribution < -0.4 is 4.90 Å². The Hall–Kier alpha value is -7.63. The Balaban J connectivity index is 1.03. The van der Waals surface area contributed by atoms with Crippen molar-refractivity contribution >= 4 is 93.6 Å². The predicted octanol–water partition coefficient (Wildman–Crippen LogP) is 14.7. The lowest BCUT2D eigenvalue weighted by Gasteiger charge is -2.26. The van der Waals surface area contributed by atoms with E-state index < -0.39 is 0 Å². The smallest absolute Gasteiger partial charge is 0.228 e. The molecule has 0 saturated heterocycles. The number of hydrogen-bond acceptors (Lipinski definition) is 5. The van der Waals surface area contributed by atoms with E-state index in [1.165, 1.54) is 5.39 Å². The summed E-state index contributed by atoms with van der Waals surface area (Å²) in [4.78, 5) is 7.23. The minimum absolute atomic E-state index is 0.569. The molecule has 0 N–H and O–H groups in total. The molecule has 12 rings (SSSR count). The monoisotopic (exact) mass is 718 g/mol. The SMILES string of the molecule is c1ccc(-c2cccc(N(c3ccc4c(c3)oc3cc5ccccc5cc34)c3ccc4c(c3)oc3cccc(-c5nc6cc7ccccc7cc6o5)c34)c2)cc1. The van der Waals surface area contributed by atoms with E-state index >= 15 is 0 Å². The number of oxazole rings is 1. The summed E-state index contributed by atoms with van der Waals surface area (Å²) < 4.78 is 19.6. The molecule has 0 aliphatic carbocycles. The van der Waals surface area contributed by atoms with Gasteiger partial charge < -0.3 is 18.2 Å². The average Bonchev–Trinajstić information content (AvgIpc) is 3.94. The van der Waals surface area contributed by atoms with Crippen LogP contribution in [-0.2, 0) is 0 Å². The van der Waals surface area contributed by atoms with E-state index in [2.05, 4.69) is 157 Å². The van der Waals surface area contributed by atoms with Crippen LogP contribution >= 0.6 is 0 Å². The molecular formula is C51H30N2O3. The highest BCUT2D eigenvalue weighted by Gasteiger charge is 2.21. The van der Waals surface area contributed by atoms with E-state index in [1.807, 2.05) is 30.3 Å². The molecule has 0 bridgehead atoms. The number of nitrogens with zero attached hydrogens (tertiary/aromatic N) is 2. The molecule has 9 aromatic carbocycles. The molecular weight excluding hydrogens is 689 g/mol. The first-order valence-corrected chi connectivity index (χ1v) is 18.8. The first-order valence-electron chi connectivity index (χ1n) is 18.8. The van der Waals surface area contributed by atoms with Crippen LogP contribution in [0.3, 0.4) is 0 Å². The Bertz CT molecular complexity index is 3450. The van der Waals surface area contributed by atoms with E-state index in [-0.39, 0.29) is 0 Å². The fourth-order valence-corrected chi connectivity index (χ4v) is 8.35. The van der Waals surface area contributed by atoms with Crippen LogP contribution in [0.1, 0.15) is 0 Å². The third-order valence-electron chi connectivity index (χ3n) is 11.0. The van der Waals surface area contributed by atoms with Crippen LogP contribution in [0, 0.1) is 0 Å². The zero-order valence-corrected chi connectivity index (χ0v) is 29.9. The van der Waals surface area contributed by atoms with Crippen molar-refractivity contribution in [3.05, 3.63) is 182 Å². The number of benzene rings is 9. The van der Waals surface area contributed by atoms with Crippen LogP contribution in [0.4, 0.5) is 17.1 Å². The molecule has 0 aliphatic rings. The number of fused-ring (bicyclic) bond motifs is 9. The van der Waals surface area contributed by atoms with E-state index in [9.17, 15) is 0 Å². The molecule has 0 fully saturated rings. The second-order valence-electron chi connectivity index (χ2n) is 14.4. The lowest BCUT2D eigenvalue weighted by Crippen LogP contribution is -2.09. The molecule has 0 spiro atoms. The van der Waals surface area contributed by atoms with Crippen LogP contribution in [0.2, 0.25) is 0 Å². The number of hydrogen-bond donors (Lipinski definition) is 0. The van der Waals surface area contributed by atoms with E-state index in [0.29, 0.717) is 5.89 Å². The molecule has 3 heterocycles. The maximum Gasteiger partial charge on any atom is 0.228 e. The van der Waals surface area contributed by atoms with Gasteiger partial charge in [-0.15, -0.1) is 0 Å². The van der Waals surface area contributed by atoms with Crippen LogP contribution in [0.15, 0.2) is 195 Å². The molecule has 0 radical (unpaired) electrons. The number of anilines is 3. The maximum atomic E-state index is 6.64. The number of aromatic nitrogens is 1. The van der Waals surface area contributed by atoms with Gasteiger partial charge in [0.05, 0.1) is 0 Å². The largest absolute Gasteiger partial charge is 0.456 e. The van der Waals surface area contributed by atoms with Gasteiger partial charge in [-0.05, 0) is 105 Å². The van der Waals surface area contributed by atoms with E-state index in [4.69, 9.17) is 18.2 Å². The highest BCUT2D eigenvalue weighted by atomic mass is 16.4. The van der Waals surface area contributed by atoms with Crippen molar-refractivity contribution in [3.8, 4) is 22.6 Å². The molecule has 5 heteroatoms. The summed E-state index contributed by atoms with van der Waals surface area (Å²) in [6.45, 7) is 0. The Labute approximate surface area is 320 Å². The Morgan fingerprint density at radius 2 is 0.946 bits per heavy atom. The zero-order chi connectivity index (χ0) is 36.7. The van der Waals surface area contributed by atoms with Crippen molar-refractivity contribution in [1.29, 1.82) is 0 Å². The topological polar surface area (TPSA) is 55.6 Å². The number of furan rings is 2. The molecule has 0 atom stereocenters. The minimum Gasteiger partial charge on any atom is -0.456 e. The van der Waals surface area contributed by atoms with Crippen molar-refractivity contribution in [2.75, 3.05) is 4.90 Å². The fraction of sp³-hybridized carbons (Fsp3) is 0. The minimum atomic E-state index is 0.569. The normalized spacial score (nSPS) is 11.9. The Kier molecular flexibility index (Phi) is 6.56. The molecule has 0 aliphatic heterocycles. The summed E-state index contributed by atoms with van der Waals surface area (Å²) in [5.41, 5.74) is 11.0. The van der Waals surface area contributed by atoms with Gasteiger partial charge >= 0.3 is 0 Å². The highest BCUT2D eigenvalue weighted by Crippen LogP contribution is 2.44. The van der Waals surface area contributed by atoms with Crippen molar-refractivity contribution < 1.29 is 13.3 Å². The lowest BCUT2D eigenvalue weighted by molar-refractivity contribution is 0.620. The molecule has 56 heavy (non-hydrogen) atoms. The summed E-state index contributed by atoms with van der Waals surface area (Å²) in [5.74, 6) is 0.569. The highest BCUT2D eigenvalue weighted by molar-refractivity contribution is 6.13. The summed E-state index contributed by atoms with van der Waals surface area (Å²) in [7, 11) is 0. The number of rotatable bonds is 5. The molecule has 3 aromatic heterocycles. The standard InChI is InChI=1S/C51H30N2O3/c1-2-10-31(11-3-1)32-16-8-17-37(24-32)53(38-20-22-40-43-25-33-12-4-6-14-35(33)27-46(43)55-47(40)29-38)39-21-23-41-48(30-39)54-45-19-9-18-42(50(41)45)51-52-44-26-34-13-5-7-15-36(34)28-49(44)56-51/h1-30H. The lowest BCUT2D eigenvalue weighted by atomic mass is 10.0. The molecule has 0 amide bonds. The van der Waals surface area contributed by atoms with Gasteiger partial charge in [0.1, 0.15) is 27.8 Å². The second-order valence-corrected chi connectivity index (χ2v) is 14.4.